The Morgan fingerprint density at radius 3 is 2.71 bits per heavy atom. The molecule has 158 valence electrons. The molecule has 9 nitrogen and oxygen atoms in total. The van der Waals surface area contributed by atoms with E-state index in [-0.39, 0.29) is 11.2 Å². The fourth-order valence-corrected chi connectivity index (χ4v) is 3.59. The highest BCUT2D eigenvalue weighted by molar-refractivity contribution is 9.10. The highest BCUT2D eigenvalue weighted by Gasteiger charge is 2.17. The molecular formula is C21H19BrN6O3. The number of imidazole rings is 1. The van der Waals surface area contributed by atoms with Crippen molar-refractivity contribution in [2.45, 2.75) is 6.54 Å². The normalized spacial score (nSPS) is 11.3. The van der Waals surface area contributed by atoms with E-state index in [4.69, 9.17) is 4.74 Å². The Bertz CT molecular complexity index is 1390. The zero-order valence-electron chi connectivity index (χ0n) is 16.8. The number of hydrazone groups is 1. The lowest BCUT2D eigenvalue weighted by Gasteiger charge is -2.08. The number of halogens is 1. The number of aromatic amines is 1. The summed E-state index contributed by atoms with van der Waals surface area (Å²) in [4.78, 5) is 31.4. The number of aromatic nitrogens is 4. The molecule has 0 aliphatic rings. The summed E-state index contributed by atoms with van der Waals surface area (Å²) in [5.74, 6) is 1.09. The van der Waals surface area contributed by atoms with Crippen LogP contribution < -0.4 is 21.4 Å². The summed E-state index contributed by atoms with van der Waals surface area (Å²) in [6.45, 7) is 0.359. The zero-order valence-corrected chi connectivity index (χ0v) is 18.4. The first-order chi connectivity index (χ1) is 15.0. The van der Waals surface area contributed by atoms with Crippen molar-refractivity contribution in [3.8, 4) is 5.75 Å². The van der Waals surface area contributed by atoms with Crippen molar-refractivity contribution in [3.63, 3.8) is 0 Å². The molecule has 0 radical (unpaired) electrons. The van der Waals surface area contributed by atoms with Gasteiger partial charge in [0.05, 0.1) is 19.9 Å². The first-order valence-corrected chi connectivity index (χ1v) is 10.1. The van der Waals surface area contributed by atoms with Gasteiger partial charge in [0.15, 0.2) is 11.2 Å². The minimum Gasteiger partial charge on any atom is -0.497 e. The summed E-state index contributed by atoms with van der Waals surface area (Å²) in [5.41, 5.74) is 4.22. The van der Waals surface area contributed by atoms with Gasteiger partial charge in [-0.3, -0.25) is 18.9 Å². The van der Waals surface area contributed by atoms with Gasteiger partial charge in [0.1, 0.15) is 5.75 Å². The summed E-state index contributed by atoms with van der Waals surface area (Å²) < 4.78 is 9.06. The van der Waals surface area contributed by atoms with Crippen LogP contribution in [0.25, 0.3) is 11.2 Å². The molecule has 31 heavy (non-hydrogen) atoms. The molecule has 2 N–H and O–H groups in total. The standard InChI is InChI=1S/C21H19BrN6O3/c1-27-18-17(19(29)25-21(27)30)28(12-14-4-3-5-15(22)10-14)20(24-18)26-23-11-13-6-8-16(31-2)9-7-13/h3-11H,12H2,1-2H3,(H,24,26)(H,25,29,30)/b23-11-. The average Bonchev–Trinajstić information content (AvgIpc) is 3.11. The molecule has 2 aromatic carbocycles. The van der Waals surface area contributed by atoms with Gasteiger partial charge in [0.25, 0.3) is 5.56 Å². The van der Waals surface area contributed by atoms with Crippen molar-refractivity contribution in [1.82, 2.24) is 19.1 Å². The van der Waals surface area contributed by atoms with E-state index in [1.807, 2.05) is 48.5 Å². The molecule has 4 aromatic rings. The van der Waals surface area contributed by atoms with Gasteiger partial charge in [0.2, 0.25) is 5.95 Å². The third-order valence-corrected chi connectivity index (χ3v) is 5.22. The average molecular weight is 483 g/mol. The van der Waals surface area contributed by atoms with Crippen molar-refractivity contribution in [2.75, 3.05) is 12.5 Å². The van der Waals surface area contributed by atoms with Gasteiger partial charge >= 0.3 is 5.69 Å². The van der Waals surface area contributed by atoms with E-state index in [9.17, 15) is 9.59 Å². The second-order valence-electron chi connectivity index (χ2n) is 6.79. The molecule has 0 bridgehead atoms. The van der Waals surface area contributed by atoms with E-state index in [1.165, 1.54) is 4.57 Å². The molecule has 0 saturated heterocycles. The number of ether oxygens (including phenoxy) is 1. The maximum atomic E-state index is 12.6. The summed E-state index contributed by atoms with van der Waals surface area (Å²) >= 11 is 3.46. The van der Waals surface area contributed by atoms with Crippen LogP contribution in [0, 0.1) is 0 Å². The Labute approximate surface area is 185 Å². The number of methoxy groups -OCH3 is 1. The molecular weight excluding hydrogens is 464 g/mol. The fourth-order valence-electron chi connectivity index (χ4n) is 3.15. The number of anilines is 1. The predicted octanol–water partition coefficient (Wildman–Crippen LogP) is 2.69. The largest absolute Gasteiger partial charge is 0.497 e. The van der Waals surface area contributed by atoms with E-state index in [0.29, 0.717) is 12.5 Å². The molecule has 0 atom stereocenters. The Balaban J connectivity index is 1.74. The molecule has 0 saturated carbocycles. The summed E-state index contributed by atoms with van der Waals surface area (Å²) in [6.07, 6.45) is 1.63. The van der Waals surface area contributed by atoms with Gasteiger partial charge in [-0.2, -0.15) is 10.1 Å². The van der Waals surface area contributed by atoms with Crippen LogP contribution in [-0.2, 0) is 13.6 Å². The number of nitrogens with one attached hydrogen (secondary N) is 2. The van der Waals surface area contributed by atoms with Crippen LogP contribution in [-0.4, -0.2) is 32.4 Å². The lowest BCUT2D eigenvalue weighted by Crippen LogP contribution is -2.29. The topological polar surface area (TPSA) is 106 Å². The molecule has 10 heteroatoms. The van der Waals surface area contributed by atoms with Crippen molar-refractivity contribution < 1.29 is 4.74 Å². The number of nitrogens with zero attached hydrogens (tertiary/aromatic N) is 4. The van der Waals surface area contributed by atoms with E-state index >= 15 is 0 Å². The zero-order chi connectivity index (χ0) is 22.0. The minimum atomic E-state index is -0.530. The van der Waals surface area contributed by atoms with Gasteiger partial charge in [-0.25, -0.2) is 10.2 Å². The number of rotatable bonds is 6. The molecule has 0 spiro atoms. The van der Waals surface area contributed by atoms with Crippen LogP contribution >= 0.6 is 15.9 Å². The van der Waals surface area contributed by atoms with Crippen LogP contribution in [0.2, 0.25) is 0 Å². The number of H-pyrrole nitrogens is 1. The van der Waals surface area contributed by atoms with E-state index in [2.05, 4.69) is 36.4 Å². The molecule has 0 amide bonds. The lowest BCUT2D eigenvalue weighted by molar-refractivity contribution is 0.415. The maximum absolute atomic E-state index is 12.6. The lowest BCUT2D eigenvalue weighted by atomic mass is 10.2. The molecule has 0 aliphatic heterocycles. The monoisotopic (exact) mass is 482 g/mol. The third-order valence-electron chi connectivity index (χ3n) is 4.73. The van der Waals surface area contributed by atoms with Crippen molar-refractivity contribution in [1.29, 1.82) is 0 Å². The molecule has 2 aromatic heterocycles. The van der Waals surface area contributed by atoms with Gasteiger partial charge in [-0.15, -0.1) is 0 Å². The van der Waals surface area contributed by atoms with Gasteiger partial charge in [-0.1, -0.05) is 28.1 Å². The Morgan fingerprint density at radius 2 is 2.00 bits per heavy atom. The fraction of sp³-hybridized carbons (Fsp3) is 0.143. The molecule has 0 aliphatic carbocycles. The van der Waals surface area contributed by atoms with Crippen molar-refractivity contribution in [3.05, 3.63) is 85.0 Å². The first kappa shape index (κ1) is 20.6. The smallest absolute Gasteiger partial charge is 0.329 e. The van der Waals surface area contributed by atoms with Crippen LogP contribution in [0.3, 0.4) is 0 Å². The second-order valence-corrected chi connectivity index (χ2v) is 7.70. The number of hydrogen-bond donors (Lipinski definition) is 2. The van der Waals surface area contributed by atoms with Crippen LogP contribution in [0.5, 0.6) is 5.75 Å². The van der Waals surface area contributed by atoms with Crippen molar-refractivity contribution in [2.24, 2.45) is 12.1 Å². The Morgan fingerprint density at radius 1 is 1.23 bits per heavy atom. The minimum absolute atomic E-state index is 0.269. The van der Waals surface area contributed by atoms with Crippen LogP contribution in [0.4, 0.5) is 5.95 Å². The maximum Gasteiger partial charge on any atom is 0.329 e. The van der Waals surface area contributed by atoms with E-state index < -0.39 is 11.2 Å². The van der Waals surface area contributed by atoms with Gasteiger partial charge in [0, 0.05) is 11.5 Å². The summed E-state index contributed by atoms with van der Waals surface area (Å²) in [5, 5.41) is 4.26. The molecule has 4 rings (SSSR count). The Kier molecular flexibility index (Phi) is 5.72. The summed E-state index contributed by atoms with van der Waals surface area (Å²) in [7, 11) is 3.16. The Hall–Kier alpha value is -3.66. The highest BCUT2D eigenvalue weighted by atomic mass is 79.9. The molecule has 0 unspecified atom stereocenters. The SMILES string of the molecule is COc1ccc(/C=N\Nc2nc3c(c(=O)[nH]c(=O)n3C)n2Cc2cccc(Br)c2)cc1. The number of aryl methyl sites for hydroxylation is 1. The first-order valence-electron chi connectivity index (χ1n) is 9.33. The predicted molar refractivity (Wildman–Crippen MR) is 123 cm³/mol. The second kappa shape index (κ2) is 8.60. The van der Waals surface area contributed by atoms with Gasteiger partial charge < -0.3 is 4.74 Å². The number of benzene rings is 2. The van der Waals surface area contributed by atoms with E-state index in [1.54, 1.807) is 24.9 Å². The van der Waals surface area contributed by atoms with Crippen LogP contribution in [0.1, 0.15) is 11.1 Å². The third kappa shape index (κ3) is 4.29. The summed E-state index contributed by atoms with van der Waals surface area (Å²) in [6, 6.07) is 15.1. The highest BCUT2D eigenvalue weighted by Crippen LogP contribution is 2.19. The molecule has 2 heterocycles. The quantitative estimate of drug-likeness (QED) is 0.324. The molecule has 0 fully saturated rings. The van der Waals surface area contributed by atoms with Gasteiger partial charge in [-0.05, 0) is 47.5 Å². The number of hydrogen-bond acceptors (Lipinski definition) is 6. The van der Waals surface area contributed by atoms with Crippen molar-refractivity contribution >= 4 is 39.3 Å². The van der Waals surface area contributed by atoms with Crippen LogP contribution in [0.15, 0.2) is 67.7 Å². The number of fused-ring (bicyclic) bond motifs is 1. The van der Waals surface area contributed by atoms with E-state index in [0.717, 1.165) is 21.3 Å².